The molecule has 0 aromatic heterocycles. The topological polar surface area (TPSA) is 21.3 Å². The largest absolute Gasteiger partial charge is 0.494 e. The molecule has 0 spiro atoms. The second kappa shape index (κ2) is 9.71. The van der Waals surface area contributed by atoms with Gasteiger partial charge in [0, 0.05) is 12.1 Å². The lowest BCUT2D eigenvalue weighted by Crippen LogP contribution is -2.16. The van der Waals surface area contributed by atoms with Gasteiger partial charge in [-0.15, -0.1) is 12.4 Å². The van der Waals surface area contributed by atoms with Crippen molar-refractivity contribution in [3.8, 4) is 5.75 Å². The standard InChI is InChI=1S/C21H27NO.ClH/c1-2-23-21-13-12-18-10-6-7-11-19(18)20(21)16-22-15-14-17-8-4-3-5-9-17;/h6-8,10-13,22H,2-5,9,14-16H2,1H3;1H. The van der Waals surface area contributed by atoms with Gasteiger partial charge in [0.15, 0.2) is 0 Å². The van der Waals surface area contributed by atoms with Crippen molar-refractivity contribution in [2.45, 2.75) is 45.6 Å². The smallest absolute Gasteiger partial charge is 0.124 e. The lowest BCUT2D eigenvalue weighted by molar-refractivity contribution is 0.336. The van der Waals surface area contributed by atoms with E-state index < -0.39 is 0 Å². The molecule has 130 valence electrons. The van der Waals surface area contributed by atoms with Crippen molar-refractivity contribution in [1.29, 1.82) is 0 Å². The second-order valence-corrected chi connectivity index (χ2v) is 6.23. The van der Waals surface area contributed by atoms with Crippen LogP contribution in [0.5, 0.6) is 5.75 Å². The molecule has 0 heterocycles. The average molecular weight is 346 g/mol. The summed E-state index contributed by atoms with van der Waals surface area (Å²) in [5, 5.41) is 6.19. The SMILES string of the molecule is CCOc1ccc2ccccc2c1CNCCC1=CCCCC1.Cl. The Morgan fingerprint density at radius 3 is 2.75 bits per heavy atom. The maximum Gasteiger partial charge on any atom is 0.124 e. The number of benzene rings is 2. The minimum absolute atomic E-state index is 0. The van der Waals surface area contributed by atoms with Crippen LogP contribution in [0.1, 0.15) is 44.6 Å². The van der Waals surface area contributed by atoms with Gasteiger partial charge in [-0.2, -0.15) is 0 Å². The van der Waals surface area contributed by atoms with Gasteiger partial charge in [0.2, 0.25) is 0 Å². The average Bonchev–Trinajstić information content (AvgIpc) is 2.61. The zero-order chi connectivity index (χ0) is 15.9. The highest BCUT2D eigenvalue weighted by molar-refractivity contribution is 5.87. The molecule has 0 saturated carbocycles. The number of allylic oxidation sites excluding steroid dienone is 1. The predicted molar refractivity (Wildman–Crippen MR) is 105 cm³/mol. The molecule has 1 N–H and O–H groups in total. The Morgan fingerprint density at radius 1 is 1.08 bits per heavy atom. The molecule has 0 fully saturated rings. The summed E-state index contributed by atoms with van der Waals surface area (Å²) in [5.41, 5.74) is 2.91. The number of ether oxygens (including phenoxy) is 1. The minimum Gasteiger partial charge on any atom is -0.494 e. The fourth-order valence-corrected chi connectivity index (χ4v) is 3.38. The highest BCUT2D eigenvalue weighted by Gasteiger charge is 2.09. The number of hydrogen-bond donors (Lipinski definition) is 1. The van der Waals surface area contributed by atoms with Crippen molar-refractivity contribution < 1.29 is 4.74 Å². The van der Waals surface area contributed by atoms with E-state index in [0.29, 0.717) is 6.61 Å². The van der Waals surface area contributed by atoms with Gasteiger partial charge in [-0.1, -0.05) is 42.0 Å². The molecule has 0 saturated heterocycles. The van der Waals surface area contributed by atoms with Gasteiger partial charge in [-0.25, -0.2) is 0 Å². The Labute approximate surface area is 151 Å². The number of hydrogen-bond acceptors (Lipinski definition) is 2. The summed E-state index contributed by atoms with van der Waals surface area (Å²) in [7, 11) is 0. The maximum absolute atomic E-state index is 5.84. The first-order valence-electron chi connectivity index (χ1n) is 8.90. The molecule has 3 heteroatoms. The van der Waals surface area contributed by atoms with Crippen molar-refractivity contribution in [2.75, 3.05) is 13.2 Å². The molecule has 0 atom stereocenters. The molecule has 2 nitrogen and oxygen atoms in total. The van der Waals surface area contributed by atoms with Gasteiger partial charge in [-0.3, -0.25) is 0 Å². The molecule has 2 aromatic carbocycles. The van der Waals surface area contributed by atoms with Crippen molar-refractivity contribution >= 4 is 23.2 Å². The molecule has 0 aliphatic heterocycles. The van der Waals surface area contributed by atoms with E-state index in [0.717, 1.165) is 18.8 Å². The van der Waals surface area contributed by atoms with Gasteiger partial charge in [-0.05, 0) is 62.4 Å². The lowest BCUT2D eigenvalue weighted by atomic mass is 9.97. The normalized spacial score (nSPS) is 14.1. The van der Waals surface area contributed by atoms with Crippen molar-refractivity contribution in [2.24, 2.45) is 0 Å². The summed E-state index contributed by atoms with van der Waals surface area (Å²) in [6.07, 6.45) is 8.91. The van der Waals surface area contributed by atoms with Crippen molar-refractivity contribution in [1.82, 2.24) is 5.32 Å². The predicted octanol–water partition coefficient (Wildman–Crippen LogP) is 5.64. The van der Waals surface area contributed by atoms with E-state index in [2.05, 4.69) is 47.8 Å². The zero-order valence-electron chi connectivity index (χ0n) is 14.5. The number of fused-ring (bicyclic) bond motifs is 1. The molecule has 1 aliphatic rings. The highest BCUT2D eigenvalue weighted by atomic mass is 35.5. The van der Waals surface area contributed by atoms with Gasteiger partial charge in [0.05, 0.1) is 6.61 Å². The third kappa shape index (κ3) is 4.75. The molecule has 1 aliphatic carbocycles. The number of rotatable bonds is 7. The third-order valence-electron chi connectivity index (χ3n) is 4.61. The summed E-state index contributed by atoms with van der Waals surface area (Å²) in [6, 6.07) is 12.8. The fraction of sp³-hybridized carbons (Fsp3) is 0.429. The van der Waals surface area contributed by atoms with E-state index in [9.17, 15) is 0 Å². The van der Waals surface area contributed by atoms with Crippen LogP contribution in [0, 0.1) is 0 Å². The minimum atomic E-state index is 0. The molecule has 0 radical (unpaired) electrons. The fourth-order valence-electron chi connectivity index (χ4n) is 3.38. The molecule has 0 bridgehead atoms. The second-order valence-electron chi connectivity index (χ2n) is 6.23. The van der Waals surface area contributed by atoms with Gasteiger partial charge < -0.3 is 10.1 Å². The molecular formula is C21H28ClNO. The van der Waals surface area contributed by atoms with E-state index in [4.69, 9.17) is 4.74 Å². The lowest BCUT2D eigenvalue weighted by Gasteiger charge is -2.16. The molecule has 0 amide bonds. The molecular weight excluding hydrogens is 318 g/mol. The van der Waals surface area contributed by atoms with Crippen molar-refractivity contribution in [3.63, 3.8) is 0 Å². The Kier molecular flexibility index (Phi) is 7.61. The third-order valence-corrected chi connectivity index (χ3v) is 4.61. The van der Waals surface area contributed by atoms with Crippen LogP contribution in [-0.2, 0) is 6.54 Å². The van der Waals surface area contributed by atoms with Crippen LogP contribution in [0.15, 0.2) is 48.0 Å². The first-order chi connectivity index (χ1) is 11.4. The Bertz CT molecular complexity index is 681. The first-order valence-corrected chi connectivity index (χ1v) is 8.90. The van der Waals surface area contributed by atoms with Crippen LogP contribution in [0.3, 0.4) is 0 Å². The van der Waals surface area contributed by atoms with Crippen molar-refractivity contribution in [3.05, 3.63) is 53.6 Å². The Morgan fingerprint density at radius 2 is 1.96 bits per heavy atom. The van der Waals surface area contributed by atoms with Crippen LogP contribution in [-0.4, -0.2) is 13.2 Å². The summed E-state index contributed by atoms with van der Waals surface area (Å²) >= 11 is 0. The van der Waals surface area contributed by atoms with Crippen LogP contribution >= 0.6 is 12.4 Å². The van der Waals surface area contributed by atoms with Crippen LogP contribution < -0.4 is 10.1 Å². The van der Waals surface area contributed by atoms with E-state index in [1.807, 2.05) is 6.92 Å². The molecule has 0 unspecified atom stereocenters. The molecule has 3 rings (SSSR count). The zero-order valence-corrected chi connectivity index (χ0v) is 15.3. The van der Waals surface area contributed by atoms with Crippen LogP contribution in [0.25, 0.3) is 10.8 Å². The highest BCUT2D eigenvalue weighted by Crippen LogP contribution is 2.28. The summed E-state index contributed by atoms with van der Waals surface area (Å²) in [5.74, 6) is 1.01. The summed E-state index contributed by atoms with van der Waals surface area (Å²) in [6.45, 7) is 4.66. The van der Waals surface area contributed by atoms with Gasteiger partial charge in [0.25, 0.3) is 0 Å². The first kappa shape index (κ1) is 18.8. The van der Waals surface area contributed by atoms with E-state index in [-0.39, 0.29) is 12.4 Å². The summed E-state index contributed by atoms with van der Waals surface area (Å²) in [4.78, 5) is 0. The molecule has 2 aromatic rings. The number of halogens is 1. The molecule has 24 heavy (non-hydrogen) atoms. The van der Waals surface area contributed by atoms with Crippen LogP contribution in [0.4, 0.5) is 0 Å². The summed E-state index contributed by atoms with van der Waals surface area (Å²) < 4.78 is 5.84. The van der Waals surface area contributed by atoms with E-state index in [1.165, 1.54) is 48.4 Å². The monoisotopic (exact) mass is 345 g/mol. The van der Waals surface area contributed by atoms with Gasteiger partial charge >= 0.3 is 0 Å². The quantitative estimate of drug-likeness (QED) is 0.518. The maximum atomic E-state index is 5.84. The van der Waals surface area contributed by atoms with E-state index in [1.54, 1.807) is 5.57 Å². The number of nitrogens with one attached hydrogen (secondary N) is 1. The van der Waals surface area contributed by atoms with Gasteiger partial charge in [0.1, 0.15) is 5.75 Å². The Hall–Kier alpha value is -1.51. The van der Waals surface area contributed by atoms with Crippen LogP contribution in [0.2, 0.25) is 0 Å². The van der Waals surface area contributed by atoms with E-state index >= 15 is 0 Å². The Balaban J connectivity index is 0.00000208.